The van der Waals surface area contributed by atoms with E-state index in [4.69, 9.17) is 6.57 Å². The second kappa shape index (κ2) is 3.16. The summed E-state index contributed by atoms with van der Waals surface area (Å²) in [6, 6.07) is 0. The minimum atomic E-state index is -1.16. The van der Waals surface area contributed by atoms with Crippen molar-refractivity contribution in [1.82, 2.24) is 0 Å². The Morgan fingerprint density at radius 3 is 2.57 bits per heavy atom. The fraction of sp³-hybridized carbons (Fsp3) is 0.500. The average Bonchev–Trinajstić information content (AvgIpc) is 1.61. The maximum atomic E-state index is 9.50. The smallest absolute Gasteiger partial charge is 0.219 e. The number of carbonyl (C=O) groups is 1. The molecule has 0 aliphatic carbocycles. The Kier molecular flexibility index (Phi) is 2.69. The Hall–Kier alpha value is -1.04. The first kappa shape index (κ1) is 5.96. The Bertz CT molecular complexity index is 103. The first-order valence-electron chi connectivity index (χ1n) is 1.80. The van der Waals surface area contributed by atoms with Gasteiger partial charge in [-0.3, -0.25) is 0 Å². The zero-order chi connectivity index (χ0) is 5.70. The average molecular weight is 98.1 g/mol. The van der Waals surface area contributed by atoms with Crippen molar-refractivity contribution < 1.29 is 9.90 Å². The van der Waals surface area contributed by atoms with Gasteiger partial charge >= 0.3 is 0 Å². The van der Waals surface area contributed by atoms with Crippen LogP contribution in [0.3, 0.4) is 0 Å². The summed E-state index contributed by atoms with van der Waals surface area (Å²) >= 11 is 0. The zero-order valence-corrected chi connectivity index (χ0v) is 3.68. The third-order valence-electron chi connectivity index (χ3n) is 0.428. The van der Waals surface area contributed by atoms with Crippen molar-refractivity contribution in [3.05, 3.63) is 11.4 Å². The third-order valence-corrected chi connectivity index (χ3v) is 0.428. The van der Waals surface area contributed by atoms with Gasteiger partial charge in [-0.1, -0.05) is 0 Å². The molecule has 0 radical (unpaired) electrons. The molecule has 0 aromatic rings. The van der Waals surface area contributed by atoms with E-state index >= 15 is 0 Å². The van der Waals surface area contributed by atoms with Crippen molar-refractivity contribution in [3.8, 4) is 0 Å². The van der Waals surface area contributed by atoms with Gasteiger partial charge in [0.1, 0.15) is 0 Å². The molecule has 0 aliphatic heterocycles. The normalized spacial score (nSPS) is 7.29. The molecule has 0 aromatic heterocycles. The molecular weight excluding hydrogens is 94.0 g/mol. The van der Waals surface area contributed by atoms with E-state index < -0.39 is 5.97 Å². The largest absolute Gasteiger partial charge is 0.550 e. The summed E-state index contributed by atoms with van der Waals surface area (Å²) in [5, 5.41) is 9.50. The second-order valence-electron chi connectivity index (χ2n) is 1.00. The van der Waals surface area contributed by atoms with Crippen LogP contribution in [0.4, 0.5) is 0 Å². The summed E-state index contributed by atoms with van der Waals surface area (Å²) in [6.45, 7) is 6.16. The van der Waals surface area contributed by atoms with Crippen LogP contribution >= 0.6 is 0 Å². The molecule has 3 heteroatoms. The Morgan fingerprint density at radius 2 is 2.43 bits per heavy atom. The first-order chi connectivity index (χ1) is 3.27. The third kappa shape index (κ3) is 4.96. The molecule has 0 heterocycles. The summed E-state index contributed by atoms with van der Waals surface area (Å²) in [4.78, 5) is 12.3. The lowest BCUT2D eigenvalue weighted by atomic mass is 10.4. The summed E-state index contributed by atoms with van der Waals surface area (Å²) in [6.07, 6.45) is -0.149. The molecule has 0 spiro atoms. The number of carboxylic acid groups (broad SMARTS) is 1. The molecule has 3 nitrogen and oxygen atoms in total. The predicted molar refractivity (Wildman–Crippen MR) is 21.1 cm³/mol. The first-order valence-corrected chi connectivity index (χ1v) is 1.80. The van der Waals surface area contributed by atoms with Crippen LogP contribution in [0.15, 0.2) is 0 Å². The van der Waals surface area contributed by atoms with Gasteiger partial charge in [0, 0.05) is 5.97 Å². The SMILES string of the molecule is [C-]#[N+]CCC(=O)[O-]. The van der Waals surface area contributed by atoms with Crippen LogP contribution in [0.1, 0.15) is 6.42 Å². The van der Waals surface area contributed by atoms with E-state index in [1.807, 2.05) is 0 Å². The molecule has 0 saturated heterocycles. The van der Waals surface area contributed by atoms with Crippen LogP contribution in [0.25, 0.3) is 4.85 Å². The van der Waals surface area contributed by atoms with E-state index in [0.717, 1.165) is 0 Å². The van der Waals surface area contributed by atoms with Gasteiger partial charge in [-0.05, 0) is 0 Å². The molecule has 0 N–H and O–H groups in total. The van der Waals surface area contributed by atoms with Gasteiger partial charge in [-0.2, -0.15) is 0 Å². The molecule has 7 heavy (non-hydrogen) atoms. The minimum Gasteiger partial charge on any atom is -0.550 e. The number of hydrogen-bond donors (Lipinski definition) is 0. The molecule has 0 saturated carbocycles. The molecule has 0 bridgehead atoms. The Labute approximate surface area is 41.4 Å². The molecule has 0 amide bonds. The van der Waals surface area contributed by atoms with Gasteiger partial charge in [-0.25, -0.2) is 6.57 Å². The standard InChI is InChI=1S/C4H5NO2/c1-5-3-2-4(6)7/h2-3H2,(H,6,7)/p-1. The maximum Gasteiger partial charge on any atom is 0.219 e. The van der Waals surface area contributed by atoms with Crippen LogP contribution in [0.5, 0.6) is 0 Å². The van der Waals surface area contributed by atoms with Crippen molar-refractivity contribution in [2.45, 2.75) is 6.42 Å². The van der Waals surface area contributed by atoms with Crippen molar-refractivity contribution >= 4 is 5.97 Å². The van der Waals surface area contributed by atoms with Crippen LogP contribution in [0, 0.1) is 6.57 Å². The van der Waals surface area contributed by atoms with E-state index in [1.165, 1.54) is 0 Å². The van der Waals surface area contributed by atoms with Gasteiger partial charge in [0.2, 0.25) is 6.54 Å². The fourth-order valence-electron chi connectivity index (χ4n) is 0.147. The Balaban J connectivity index is 3.02. The fourth-order valence-corrected chi connectivity index (χ4v) is 0.147. The summed E-state index contributed by atoms with van der Waals surface area (Å²) in [5.74, 6) is -1.16. The van der Waals surface area contributed by atoms with Crippen LogP contribution in [-0.2, 0) is 4.79 Å². The highest BCUT2D eigenvalue weighted by Gasteiger charge is 1.83. The maximum absolute atomic E-state index is 9.50. The zero-order valence-electron chi connectivity index (χ0n) is 3.68. The monoisotopic (exact) mass is 98.0 g/mol. The number of carboxylic acids is 1. The number of nitrogens with zero attached hydrogens (tertiary/aromatic N) is 1. The molecule has 0 aromatic carbocycles. The van der Waals surface area contributed by atoms with E-state index in [-0.39, 0.29) is 13.0 Å². The van der Waals surface area contributed by atoms with Crippen LogP contribution < -0.4 is 5.11 Å². The quantitative estimate of drug-likeness (QED) is 0.418. The predicted octanol–water partition coefficient (Wildman–Crippen LogP) is -0.954. The van der Waals surface area contributed by atoms with Gasteiger partial charge in [0.25, 0.3) is 0 Å². The molecule has 0 aliphatic rings. The van der Waals surface area contributed by atoms with Gasteiger partial charge < -0.3 is 14.7 Å². The number of aliphatic carboxylic acids is 1. The molecule has 0 atom stereocenters. The highest BCUT2D eigenvalue weighted by molar-refractivity contribution is 5.64. The van der Waals surface area contributed by atoms with E-state index in [9.17, 15) is 9.90 Å². The van der Waals surface area contributed by atoms with E-state index in [1.54, 1.807) is 0 Å². The summed E-state index contributed by atoms with van der Waals surface area (Å²) in [5.41, 5.74) is 0. The topological polar surface area (TPSA) is 44.5 Å². The van der Waals surface area contributed by atoms with Crippen molar-refractivity contribution in [1.29, 1.82) is 0 Å². The van der Waals surface area contributed by atoms with Crippen LogP contribution in [-0.4, -0.2) is 12.5 Å². The van der Waals surface area contributed by atoms with Crippen molar-refractivity contribution in [2.24, 2.45) is 0 Å². The molecular formula is C4H4NO2-. The summed E-state index contributed by atoms with van der Waals surface area (Å²) < 4.78 is 0. The Morgan fingerprint density at radius 1 is 1.86 bits per heavy atom. The van der Waals surface area contributed by atoms with Gasteiger partial charge in [-0.15, -0.1) is 0 Å². The molecule has 0 rings (SSSR count). The number of rotatable bonds is 2. The van der Waals surface area contributed by atoms with Crippen LogP contribution in [0.2, 0.25) is 0 Å². The van der Waals surface area contributed by atoms with Gasteiger partial charge in [0.15, 0.2) is 0 Å². The second-order valence-corrected chi connectivity index (χ2v) is 1.00. The molecule has 0 unspecified atom stereocenters. The highest BCUT2D eigenvalue weighted by Crippen LogP contribution is 1.74. The van der Waals surface area contributed by atoms with E-state index in [2.05, 4.69) is 4.85 Å². The summed E-state index contributed by atoms with van der Waals surface area (Å²) in [7, 11) is 0. The van der Waals surface area contributed by atoms with E-state index in [0.29, 0.717) is 0 Å². The lowest BCUT2D eigenvalue weighted by molar-refractivity contribution is -0.305. The lowest BCUT2D eigenvalue weighted by Gasteiger charge is -1.89. The molecule has 0 fully saturated rings. The molecule has 38 valence electrons. The minimum absolute atomic E-state index is 0.0301. The van der Waals surface area contributed by atoms with Crippen molar-refractivity contribution in [2.75, 3.05) is 6.54 Å². The number of carbonyl (C=O) groups excluding carboxylic acids is 1. The van der Waals surface area contributed by atoms with Crippen molar-refractivity contribution in [3.63, 3.8) is 0 Å². The number of hydrogen-bond acceptors (Lipinski definition) is 2. The lowest BCUT2D eigenvalue weighted by Crippen LogP contribution is -2.22. The highest BCUT2D eigenvalue weighted by atomic mass is 16.4. The van der Waals surface area contributed by atoms with Gasteiger partial charge in [0.05, 0.1) is 6.42 Å².